The molecule has 108 valence electrons. The molecule has 2 heterocycles. The van der Waals surface area contributed by atoms with Crippen molar-refractivity contribution in [3.8, 4) is 11.5 Å². The van der Waals surface area contributed by atoms with E-state index in [1.807, 2.05) is 0 Å². The van der Waals surface area contributed by atoms with Crippen LogP contribution in [-0.4, -0.2) is 42.7 Å². The van der Waals surface area contributed by atoms with E-state index in [0.29, 0.717) is 5.82 Å². The number of carbonyl (C=O) groups excluding carboxylic acids is 1. The second-order valence-corrected chi connectivity index (χ2v) is 4.96. The lowest BCUT2D eigenvalue weighted by atomic mass is 10.4. The van der Waals surface area contributed by atoms with Crippen LogP contribution in [0.15, 0.2) is 6.20 Å². The van der Waals surface area contributed by atoms with Gasteiger partial charge in [-0.2, -0.15) is 5.10 Å². The monoisotopic (exact) mass is 392 g/mol. The van der Waals surface area contributed by atoms with Crippen LogP contribution < -0.4 is 0 Å². The van der Waals surface area contributed by atoms with E-state index in [1.165, 1.54) is 4.80 Å². The van der Waals surface area contributed by atoms with Crippen molar-refractivity contribution >= 4 is 28.7 Å². The summed E-state index contributed by atoms with van der Waals surface area (Å²) in [7, 11) is 1.79. The van der Waals surface area contributed by atoms with E-state index in [9.17, 15) is 4.79 Å². The molecule has 0 aliphatic carbocycles. The molecule has 0 radical (unpaired) electrons. The first-order chi connectivity index (χ1) is 9.52. The number of hydrogen-bond donors (Lipinski definition) is 0. The quantitative estimate of drug-likeness (QED) is 0.573. The van der Waals surface area contributed by atoms with Crippen molar-refractivity contribution in [2.75, 3.05) is 6.61 Å². The van der Waals surface area contributed by atoms with Crippen LogP contribution in [0.1, 0.15) is 20.1 Å². The van der Waals surface area contributed by atoms with Gasteiger partial charge >= 0.3 is 6.16 Å². The molecule has 0 saturated heterocycles. The van der Waals surface area contributed by atoms with Crippen LogP contribution in [0.4, 0.5) is 4.79 Å². The van der Waals surface area contributed by atoms with Gasteiger partial charge in [-0.15, -0.1) is 15.0 Å². The van der Waals surface area contributed by atoms with Crippen molar-refractivity contribution < 1.29 is 14.3 Å². The summed E-state index contributed by atoms with van der Waals surface area (Å²) in [6, 6.07) is 0. The molecule has 0 fully saturated rings. The van der Waals surface area contributed by atoms with Gasteiger partial charge < -0.3 is 9.47 Å². The van der Waals surface area contributed by atoms with Gasteiger partial charge in [0.2, 0.25) is 12.1 Å². The second-order valence-electron chi connectivity index (χ2n) is 3.80. The van der Waals surface area contributed by atoms with Crippen LogP contribution in [0.2, 0.25) is 0 Å². The number of nitrogens with zero attached hydrogens (tertiary/aromatic N) is 6. The summed E-state index contributed by atoms with van der Waals surface area (Å²) < 4.78 is 12.2. The summed E-state index contributed by atoms with van der Waals surface area (Å²) in [5, 5.41) is 16.1. The van der Waals surface area contributed by atoms with Crippen molar-refractivity contribution in [3.63, 3.8) is 0 Å². The van der Waals surface area contributed by atoms with E-state index in [1.54, 1.807) is 31.8 Å². The Morgan fingerprint density at radius 1 is 1.55 bits per heavy atom. The summed E-state index contributed by atoms with van der Waals surface area (Å²) >= 11 is 2.14. The zero-order valence-corrected chi connectivity index (χ0v) is 13.3. The zero-order valence-electron chi connectivity index (χ0n) is 11.1. The Morgan fingerprint density at radius 3 is 2.90 bits per heavy atom. The number of rotatable bonds is 4. The highest BCUT2D eigenvalue weighted by atomic mass is 127. The lowest BCUT2D eigenvalue weighted by Crippen LogP contribution is -2.18. The van der Waals surface area contributed by atoms with Gasteiger partial charge in [-0.3, -0.25) is 4.68 Å². The molecule has 0 aromatic carbocycles. The van der Waals surface area contributed by atoms with Crippen LogP contribution in [-0.2, 0) is 16.5 Å². The van der Waals surface area contributed by atoms with Gasteiger partial charge in [-0.25, -0.2) is 4.79 Å². The zero-order chi connectivity index (χ0) is 14.7. The third-order valence-electron chi connectivity index (χ3n) is 2.39. The van der Waals surface area contributed by atoms with E-state index in [-0.39, 0.29) is 6.61 Å². The second kappa shape index (κ2) is 6.15. The van der Waals surface area contributed by atoms with Gasteiger partial charge in [-0.1, -0.05) is 0 Å². The Kier molecular flexibility index (Phi) is 4.52. The highest BCUT2D eigenvalue weighted by Crippen LogP contribution is 2.20. The average Bonchev–Trinajstić information content (AvgIpc) is 2.97. The maximum atomic E-state index is 11.2. The highest BCUT2D eigenvalue weighted by Gasteiger charge is 2.19. The number of tetrazole rings is 1. The first kappa shape index (κ1) is 14.7. The molecule has 2 rings (SSSR count). The summed E-state index contributed by atoms with van der Waals surface area (Å²) in [5.41, 5.74) is 0.750. The Labute approximate surface area is 128 Å². The lowest BCUT2D eigenvalue weighted by molar-refractivity contribution is -0.00513. The SMILES string of the molecule is CCOC(=O)O[C@H](C)n1nnc(-c2c(I)cnn2C)n1. The van der Waals surface area contributed by atoms with Crippen molar-refractivity contribution in [1.29, 1.82) is 0 Å². The first-order valence-corrected chi connectivity index (χ1v) is 6.91. The molecular weight excluding hydrogens is 379 g/mol. The molecule has 0 aliphatic rings. The topological polar surface area (TPSA) is 97.0 Å². The minimum absolute atomic E-state index is 0.245. The smallest absolute Gasteiger partial charge is 0.435 e. The fraction of sp³-hybridized carbons (Fsp3) is 0.500. The summed E-state index contributed by atoms with van der Waals surface area (Å²) in [6.45, 7) is 3.56. The number of ether oxygens (including phenoxy) is 2. The van der Waals surface area contributed by atoms with E-state index < -0.39 is 12.4 Å². The van der Waals surface area contributed by atoms with Crippen LogP contribution in [0.5, 0.6) is 0 Å². The fourth-order valence-corrected chi connectivity index (χ4v) is 2.19. The van der Waals surface area contributed by atoms with Crippen molar-refractivity contribution in [1.82, 2.24) is 30.0 Å². The van der Waals surface area contributed by atoms with Gasteiger partial charge in [-0.05, 0) is 41.7 Å². The Morgan fingerprint density at radius 2 is 2.30 bits per heavy atom. The Hall–Kier alpha value is -1.72. The number of halogens is 1. The summed E-state index contributed by atoms with van der Waals surface area (Å²) in [4.78, 5) is 12.4. The number of aryl methyl sites for hydroxylation is 1. The van der Waals surface area contributed by atoms with Crippen LogP contribution in [0.3, 0.4) is 0 Å². The van der Waals surface area contributed by atoms with E-state index in [2.05, 4.69) is 47.8 Å². The molecule has 0 bridgehead atoms. The highest BCUT2D eigenvalue weighted by molar-refractivity contribution is 14.1. The maximum Gasteiger partial charge on any atom is 0.510 e. The molecule has 0 N–H and O–H groups in total. The van der Waals surface area contributed by atoms with Gasteiger partial charge in [0.05, 0.1) is 16.4 Å². The van der Waals surface area contributed by atoms with Gasteiger partial charge in [0.15, 0.2) is 0 Å². The molecule has 0 spiro atoms. The number of aromatic nitrogens is 6. The molecular formula is C10H13IN6O3. The fourth-order valence-electron chi connectivity index (χ4n) is 1.47. The summed E-state index contributed by atoms with van der Waals surface area (Å²) in [6.07, 6.45) is 0.227. The average molecular weight is 392 g/mol. The molecule has 0 amide bonds. The molecule has 0 aliphatic heterocycles. The molecule has 0 unspecified atom stereocenters. The Bertz CT molecular complexity index is 590. The molecule has 9 nitrogen and oxygen atoms in total. The lowest BCUT2D eigenvalue weighted by Gasteiger charge is -2.10. The third-order valence-corrected chi connectivity index (χ3v) is 3.18. The standard InChI is InChI=1S/C10H13IN6O3/c1-4-19-10(18)20-6(2)17-14-9(13-15-17)8-7(11)5-12-16(8)3/h5-6H,4H2,1-3H3/t6-/m1/s1. The molecule has 1 atom stereocenters. The first-order valence-electron chi connectivity index (χ1n) is 5.83. The minimum atomic E-state index is -0.769. The largest absolute Gasteiger partial charge is 0.510 e. The normalized spacial score (nSPS) is 12.2. The van der Waals surface area contributed by atoms with Gasteiger partial charge in [0, 0.05) is 7.05 Å². The molecule has 10 heteroatoms. The number of carbonyl (C=O) groups is 1. The van der Waals surface area contributed by atoms with Crippen LogP contribution in [0.25, 0.3) is 11.5 Å². The molecule has 2 aromatic rings. The van der Waals surface area contributed by atoms with E-state index in [0.717, 1.165) is 9.26 Å². The summed E-state index contributed by atoms with van der Waals surface area (Å²) in [5.74, 6) is 0.411. The molecule has 0 saturated carbocycles. The maximum absolute atomic E-state index is 11.2. The molecule has 20 heavy (non-hydrogen) atoms. The minimum Gasteiger partial charge on any atom is -0.435 e. The predicted octanol–water partition coefficient (Wildman–Crippen LogP) is 1.37. The predicted molar refractivity (Wildman–Crippen MR) is 75.6 cm³/mol. The van der Waals surface area contributed by atoms with Crippen molar-refractivity contribution in [2.24, 2.45) is 7.05 Å². The molecule has 2 aromatic heterocycles. The van der Waals surface area contributed by atoms with Gasteiger partial charge in [0.1, 0.15) is 5.69 Å². The van der Waals surface area contributed by atoms with Gasteiger partial charge in [0.25, 0.3) is 0 Å². The van der Waals surface area contributed by atoms with Crippen molar-refractivity contribution in [3.05, 3.63) is 9.77 Å². The third kappa shape index (κ3) is 3.05. The Balaban J connectivity index is 2.15. The van der Waals surface area contributed by atoms with Crippen molar-refractivity contribution in [2.45, 2.75) is 20.1 Å². The number of hydrogen-bond acceptors (Lipinski definition) is 7. The van der Waals surface area contributed by atoms with E-state index >= 15 is 0 Å². The van der Waals surface area contributed by atoms with Crippen LogP contribution >= 0.6 is 22.6 Å². The van der Waals surface area contributed by atoms with E-state index in [4.69, 9.17) is 4.74 Å². The van der Waals surface area contributed by atoms with Crippen LogP contribution in [0, 0.1) is 3.57 Å².